The number of hydrogen-bond donors (Lipinski definition) is 2. The number of carbonyl (C=O) groups excluding carboxylic acids is 1. The van der Waals surface area contributed by atoms with Crippen LogP contribution >= 0.6 is 23.4 Å². The minimum atomic E-state index is -0.0290. The van der Waals surface area contributed by atoms with Crippen LogP contribution in [0.2, 0.25) is 5.02 Å². The van der Waals surface area contributed by atoms with Gasteiger partial charge in [0.1, 0.15) is 0 Å². The Hall–Kier alpha value is -1.99. The van der Waals surface area contributed by atoms with Crippen molar-refractivity contribution in [1.29, 1.82) is 0 Å². The number of amides is 1. The highest BCUT2D eigenvalue weighted by molar-refractivity contribution is 7.99. The molecule has 2 aromatic rings. The molecule has 6 nitrogen and oxygen atoms in total. The average Bonchev–Trinajstić information content (AvgIpc) is 3.01. The zero-order valence-corrected chi connectivity index (χ0v) is 16.0. The van der Waals surface area contributed by atoms with Crippen LogP contribution in [-0.4, -0.2) is 33.1 Å². The zero-order chi connectivity index (χ0) is 18.4. The quantitative estimate of drug-likeness (QED) is 0.429. The third-order valence-corrected chi connectivity index (χ3v) is 5.41. The smallest absolute Gasteiger partial charge is 0.230 e. The van der Waals surface area contributed by atoms with Gasteiger partial charge in [-0.05, 0) is 44.2 Å². The van der Waals surface area contributed by atoms with Gasteiger partial charge in [0.2, 0.25) is 11.1 Å². The monoisotopic (exact) mass is 391 g/mol. The molecule has 0 bridgehead atoms. The molecular formula is C18H22ClN5OS. The number of nitrogens with two attached hydrogens (primary N) is 1. The second-order valence-corrected chi connectivity index (χ2v) is 7.56. The van der Waals surface area contributed by atoms with Gasteiger partial charge in [-0.3, -0.25) is 4.79 Å². The minimum Gasteiger partial charge on any atom is -0.355 e. The Morgan fingerprint density at radius 1 is 1.35 bits per heavy atom. The molecule has 3 rings (SSSR count). The second-order valence-electron chi connectivity index (χ2n) is 6.18. The summed E-state index contributed by atoms with van der Waals surface area (Å²) in [5, 5.41) is 12.2. The van der Waals surface area contributed by atoms with Crippen LogP contribution in [0.4, 0.5) is 0 Å². The van der Waals surface area contributed by atoms with Crippen molar-refractivity contribution in [3.8, 4) is 11.4 Å². The molecule has 138 valence electrons. The largest absolute Gasteiger partial charge is 0.355 e. The second kappa shape index (κ2) is 9.09. The molecule has 0 saturated heterocycles. The molecule has 0 spiro atoms. The lowest BCUT2D eigenvalue weighted by Gasteiger charge is -2.12. The van der Waals surface area contributed by atoms with Crippen molar-refractivity contribution >= 4 is 29.3 Å². The lowest BCUT2D eigenvalue weighted by molar-refractivity contribution is -0.118. The van der Waals surface area contributed by atoms with Gasteiger partial charge in [-0.25, -0.2) is 4.68 Å². The zero-order valence-electron chi connectivity index (χ0n) is 14.4. The summed E-state index contributed by atoms with van der Waals surface area (Å²) in [6.45, 7) is 0.675. The molecule has 0 atom stereocenters. The number of nitrogens with one attached hydrogen (secondary N) is 1. The topological polar surface area (TPSA) is 85.8 Å². The van der Waals surface area contributed by atoms with E-state index in [1.54, 1.807) is 12.1 Å². The summed E-state index contributed by atoms with van der Waals surface area (Å²) >= 11 is 7.27. The fourth-order valence-electron chi connectivity index (χ4n) is 2.88. The number of hydrogen-bond acceptors (Lipinski definition) is 5. The SMILES string of the molecule is Nn1c(SCC(=O)NCCC2=CCCCC2)nnc1-c1cccc(Cl)c1. The van der Waals surface area contributed by atoms with Gasteiger partial charge < -0.3 is 11.2 Å². The predicted molar refractivity (Wildman–Crippen MR) is 106 cm³/mol. The van der Waals surface area contributed by atoms with Crippen molar-refractivity contribution in [2.75, 3.05) is 18.1 Å². The summed E-state index contributed by atoms with van der Waals surface area (Å²) in [5.41, 5.74) is 2.24. The van der Waals surface area contributed by atoms with E-state index in [-0.39, 0.29) is 11.7 Å². The summed E-state index contributed by atoms with van der Waals surface area (Å²) in [7, 11) is 0. The number of rotatable bonds is 7. The Morgan fingerprint density at radius 3 is 3.00 bits per heavy atom. The Balaban J connectivity index is 1.48. The Bertz CT molecular complexity index is 805. The maximum atomic E-state index is 12.0. The van der Waals surface area contributed by atoms with Crippen molar-refractivity contribution < 1.29 is 4.79 Å². The molecule has 1 amide bonds. The fraction of sp³-hybridized carbons (Fsp3) is 0.389. The highest BCUT2D eigenvalue weighted by Crippen LogP contribution is 2.24. The molecular weight excluding hydrogens is 370 g/mol. The van der Waals surface area contributed by atoms with Crippen molar-refractivity contribution in [2.45, 2.75) is 37.3 Å². The third-order valence-electron chi connectivity index (χ3n) is 4.23. The van der Waals surface area contributed by atoms with Crippen LogP contribution in [0.25, 0.3) is 11.4 Å². The van der Waals surface area contributed by atoms with Crippen LogP contribution in [0.15, 0.2) is 41.1 Å². The molecule has 3 N–H and O–H groups in total. The van der Waals surface area contributed by atoms with Crippen molar-refractivity contribution in [2.24, 2.45) is 0 Å². The summed E-state index contributed by atoms with van der Waals surface area (Å²) in [6, 6.07) is 7.25. The number of nitrogens with zero attached hydrogens (tertiary/aromatic N) is 3. The minimum absolute atomic E-state index is 0.0290. The van der Waals surface area contributed by atoms with Gasteiger partial charge in [0.05, 0.1) is 5.75 Å². The van der Waals surface area contributed by atoms with E-state index < -0.39 is 0 Å². The third kappa shape index (κ3) is 5.02. The molecule has 1 aliphatic rings. The molecule has 0 fully saturated rings. The first-order chi connectivity index (χ1) is 12.6. The summed E-state index contributed by atoms with van der Waals surface area (Å²) in [6.07, 6.45) is 8.11. The van der Waals surface area contributed by atoms with Crippen LogP contribution in [0, 0.1) is 0 Å². The van der Waals surface area contributed by atoms with Crippen molar-refractivity contribution in [1.82, 2.24) is 20.2 Å². The Labute approximate surface area is 162 Å². The van der Waals surface area contributed by atoms with E-state index in [9.17, 15) is 4.79 Å². The number of halogens is 1. The number of allylic oxidation sites excluding steroid dienone is 1. The number of carbonyl (C=O) groups is 1. The maximum absolute atomic E-state index is 12.0. The predicted octanol–water partition coefficient (Wildman–Crippen LogP) is 3.41. The molecule has 0 saturated carbocycles. The fourth-order valence-corrected chi connectivity index (χ4v) is 3.75. The van der Waals surface area contributed by atoms with Crippen LogP contribution < -0.4 is 11.2 Å². The van der Waals surface area contributed by atoms with Gasteiger partial charge in [0, 0.05) is 17.1 Å². The van der Waals surface area contributed by atoms with Crippen molar-refractivity contribution in [3.05, 3.63) is 40.9 Å². The van der Waals surface area contributed by atoms with Gasteiger partial charge in [0.25, 0.3) is 0 Å². The van der Waals surface area contributed by atoms with Gasteiger partial charge >= 0.3 is 0 Å². The standard InChI is InChI=1S/C18H22ClN5OS/c19-15-8-4-7-14(11-15)17-22-23-18(24(17)20)26-12-16(25)21-10-9-13-5-2-1-3-6-13/h4-5,7-8,11H,1-3,6,9-10,12,20H2,(H,21,25). The summed E-state index contributed by atoms with van der Waals surface area (Å²) in [5.74, 6) is 6.80. The Kier molecular flexibility index (Phi) is 6.57. The highest BCUT2D eigenvalue weighted by Gasteiger charge is 2.14. The van der Waals surface area contributed by atoms with E-state index >= 15 is 0 Å². The van der Waals surface area contributed by atoms with E-state index in [0.717, 1.165) is 18.4 Å². The van der Waals surface area contributed by atoms with E-state index in [0.29, 0.717) is 22.5 Å². The molecule has 1 heterocycles. The first kappa shape index (κ1) is 18.8. The Morgan fingerprint density at radius 2 is 2.23 bits per heavy atom. The number of benzene rings is 1. The molecule has 26 heavy (non-hydrogen) atoms. The molecule has 1 aromatic heterocycles. The van der Waals surface area contributed by atoms with E-state index in [1.165, 1.54) is 41.3 Å². The normalized spacial score (nSPS) is 14.1. The van der Waals surface area contributed by atoms with Gasteiger partial charge in [0.15, 0.2) is 5.82 Å². The molecule has 8 heteroatoms. The summed E-state index contributed by atoms with van der Waals surface area (Å²) in [4.78, 5) is 12.0. The van der Waals surface area contributed by atoms with E-state index in [1.807, 2.05) is 12.1 Å². The average molecular weight is 392 g/mol. The maximum Gasteiger partial charge on any atom is 0.230 e. The van der Waals surface area contributed by atoms with E-state index in [2.05, 4.69) is 21.6 Å². The van der Waals surface area contributed by atoms with Gasteiger partial charge in [-0.1, -0.05) is 47.1 Å². The highest BCUT2D eigenvalue weighted by atomic mass is 35.5. The van der Waals surface area contributed by atoms with Gasteiger partial charge in [-0.15, -0.1) is 10.2 Å². The summed E-state index contributed by atoms with van der Waals surface area (Å²) < 4.78 is 1.39. The molecule has 0 radical (unpaired) electrons. The van der Waals surface area contributed by atoms with E-state index in [4.69, 9.17) is 17.4 Å². The van der Waals surface area contributed by atoms with Crippen LogP contribution in [0.3, 0.4) is 0 Å². The number of aromatic nitrogens is 3. The number of thioether (sulfide) groups is 1. The first-order valence-corrected chi connectivity index (χ1v) is 10.0. The van der Waals surface area contributed by atoms with Crippen LogP contribution in [0.5, 0.6) is 0 Å². The van der Waals surface area contributed by atoms with Gasteiger partial charge in [-0.2, -0.15) is 0 Å². The van der Waals surface area contributed by atoms with Crippen LogP contribution in [0.1, 0.15) is 32.1 Å². The molecule has 0 aliphatic heterocycles. The van der Waals surface area contributed by atoms with Crippen LogP contribution in [-0.2, 0) is 4.79 Å². The van der Waals surface area contributed by atoms with Crippen molar-refractivity contribution in [3.63, 3.8) is 0 Å². The number of nitrogen functional groups attached to an aromatic ring is 1. The molecule has 1 aliphatic carbocycles. The lowest BCUT2D eigenvalue weighted by Crippen LogP contribution is -2.26. The first-order valence-electron chi connectivity index (χ1n) is 8.67. The lowest BCUT2D eigenvalue weighted by atomic mass is 9.97. The molecule has 1 aromatic carbocycles. The molecule has 0 unspecified atom stereocenters.